The predicted molar refractivity (Wildman–Crippen MR) is 80.0 cm³/mol. The summed E-state index contributed by atoms with van der Waals surface area (Å²) < 4.78 is 0. The lowest BCUT2D eigenvalue weighted by Gasteiger charge is -1.97. The van der Waals surface area contributed by atoms with Crippen molar-refractivity contribution in [3.63, 3.8) is 0 Å². The summed E-state index contributed by atoms with van der Waals surface area (Å²) in [7, 11) is 1.90. The SMILES string of the molecule is CCCNc1ncc(CCc2cnc(NC)s2)s1. The molecule has 2 heterocycles. The van der Waals surface area contributed by atoms with Crippen LogP contribution in [0.25, 0.3) is 0 Å². The van der Waals surface area contributed by atoms with Crippen molar-refractivity contribution >= 4 is 32.9 Å². The van der Waals surface area contributed by atoms with Crippen LogP contribution in [0.15, 0.2) is 12.4 Å². The maximum absolute atomic E-state index is 4.37. The molecule has 0 aliphatic heterocycles. The number of anilines is 2. The molecule has 0 bridgehead atoms. The van der Waals surface area contributed by atoms with Crippen LogP contribution in [0.1, 0.15) is 23.1 Å². The molecule has 2 aromatic rings. The standard InChI is InChI=1S/C12H18N4S2/c1-3-6-14-12-16-8-10(18-12)5-4-9-7-15-11(13-2)17-9/h7-8H,3-6H2,1-2H3,(H,13,15)(H,14,16). The molecule has 98 valence electrons. The van der Waals surface area contributed by atoms with Gasteiger partial charge in [-0.1, -0.05) is 6.92 Å². The Kier molecular flexibility index (Phi) is 4.95. The van der Waals surface area contributed by atoms with Crippen molar-refractivity contribution in [3.05, 3.63) is 22.1 Å². The first-order chi connectivity index (χ1) is 8.81. The summed E-state index contributed by atoms with van der Waals surface area (Å²) in [6.07, 6.45) is 7.13. The van der Waals surface area contributed by atoms with Gasteiger partial charge in [0.25, 0.3) is 0 Å². The number of aryl methyl sites for hydroxylation is 2. The molecule has 0 unspecified atom stereocenters. The van der Waals surface area contributed by atoms with Gasteiger partial charge >= 0.3 is 0 Å². The summed E-state index contributed by atoms with van der Waals surface area (Å²) in [5.74, 6) is 0. The Hall–Kier alpha value is -1.14. The third-order valence-corrected chi connectivity index (χ3v) is 4.55. The summed E-state index contributed by atoms with van der Waals surface area (Å²) in [5, 5.41) is 8.39. The normalized spacial score (nSPS) is 10.6. The van der Waals surface area contributed by atoms with E-state index in [-0.39, 0.29) is 0 Å². The average molecular weight is 282 g/mol. The molecule has 2 aromatic heterocycles. The smallest absolute Gasteiger partial charge is 0.182 e. The number of hydrogen-bond donors (Lipinski definition) is 2. The van der Waals surface area contributed by atoms with E-state index in [1.54, 1.807) is 22.7 Å². The van der Waals surface area contributed by atoms with Crippen molar-refractivity contribution in [1.82, 2.24) is 9.97 Å². The molecule has 0 fully saturated rings. The van der Waals surface area contributed by atoms with Crippen LogP contribution in [0.5, 0.6) is 0 Å². The Bertz CT molecular complexity index is 478. The van der Waals surface area contributed by atoms with Crippen molar-refractivity contribution in [2.75, 3.05) is 24.2 Å². The first-order valence-electron chi connectivity index (χ1n) is 6.13. The third kappa shape index (κ3) is 3.68. The highest BCUT2D eigenvalue weighted by atomic mass is 32.1. The fourth-order valence-electron chi connectivity index (χ4n) is 1.52. The van der Waals surface area contributed by atoms with Gasteiger partial charge in [0.1, 0.15) is 0 Å². The summed E-state index contributed by atoms with van der Waals surface area (Å²) in [4.78, 5) is 11.3. The van der Waals surface area contributed by atoms with E-state index in [0.29, 0.717) is 0 Å². The van der Waals surface area contributed by atoms with Gasteiger partial charge in [0.15, 0.2) is 10.3 Å². The number of rotatable bonds is 7. The van der Waals surface area contributed by atoms with Crippen LogP contribution >= 0.6 is 22.7 Å². The monoisotopic (exact) mass is 282 g/mol. The van der Waals surface area contributed by atoms with Gasteiger partial charge in [-0.15, -0.1) is 22.7 Å². The molecule has 18 heavy (non-hydrogen) atoms. The predicted octanol–water partition coefficient (Wildman–Crippen LogP) is 3.25. The van der Waals surface area contributed by atoms with Gasteiger partial charge < -0.3 is 10.6 Å². The van der Waals surface area contributed by atoms with Crippen LogP contribution in [0, 0.1) is 0 Å². The quantitative estimate of drug-likeness (QED) is 0.818. The zero-order valence-corrected chi connectivity index (χ0v) is 12.3. The van der Waals surface area contributed by atoms with E-state index in [0.717, 1.165) is 36.1 Å². The van der Waals surface area contributed by atoms with Crippen LogP contribution in [-0.4, -0.2) is 23.6 Å². The molecular formula is C12H18N4S2. The van der Waals surface area contributed by atoms with E-state index in [4.69, 9.17) is 0 Å². The van der Waals surface area contributed by atoms with E-state index in [1.807, 2.05) is 19.4 Å². The molecule has 0 spiro atoms. The minimum atomic E-state index is 0.986. The summed E-state index contributed by atoms with van der Waals surface area (Å²) in [6.45, 7) is 3.15. The second-order valence-corrected chi connectivity index (χ2v) is 6.17. The van der Waals surface area contributed by atoms with E-state index in [9.17, 15) is 0 Å². The van der Waals surface area contributed by atoms with Gasteiger partial charge in [0.05, 0.1) is 0 Å². The van der Waals surface area contributed by atoms with Gasteiger partial charge in [-0.25, -0.2) is 9.97 Å². The molecule has 6 heteroatoms. The molecule has 0 aliphatic rings. The van der Waals surface area contributed by atoms with Gasteiger partial charge in [0, 0.05) is 35.7 Å². The highest BCUT2D eigenvalue weighted by Crippen LogP contribution is 2.22. The second kappa shape index (κ2) is 6.70. The van der Waals surface area contributed by atoms with E-state index >= 15 is 0 Å². The van der Waals surface area contributed by atoms with Crippen molar-refractivity contribution in [2.24, 2.45) is 0 Å². The molecule has 2 N–H and O–H groups in total. The molecule has 0 atom stereocenters. The molecule has 4 nitrogen and oxygen atoms in total. The highest BCUT2D eigenvalue weighted by Gasteiger charge is 2.04. The Labute approximate surface area is 115 Å². The first kappa shape index (κ1) is 13.3. The lowest BCUT2D eigenvalue weighted by atomic mass is 10.2. The van der Waals surface area contributed by atoms with Gasteiger partial charge in [-0.3, -0.25) is 0 Å². The van der Waals surface area contributed by atoms with Crippen LogP contribution in [-0.2, 0) is 12.8 Å². The van der Waals surface area contributed by atoms with Crippen molar-refractivity contribution in [3.8, 4) is 0 Å². The summed E-state index contributed by atoms with van der Waals surface area (Å²) >= 11 is 3.47. The average Bonchev–Trinajstić information content (AvgIpc) is 3.03. The zero-order valence-electron chi connectivity index (χ0n) is 10.7. The fourth-order valence-corrected chi connectivity index (χ4v) is 3.12. The van der Waals surface area contributed by atoms with Crippen LogP contribution in [0.2, 0.25) is 0 Å². The Morgan fingerprint density at radius 3 is 2.22 bits per heavy atom. The fraction of sp³-hybridized carbons (Fsp3) is 0.500. The molecule has 2 rings (SSSR count). The van der Waals surface area contributed by atoms with E-state index < -0.39 is 0 Å². The lowest BCUT2D eigenvalue weighted by molar-refractivity contribution is 0.975. The summed E-state index contributed by atoms with van der Waals surface area (Å²) in [6, 6.07) is 0. The Morgan fingerprint density at radius 1 is 1.06 bits per heavy atom. The summed E-state index contributed by atoms with van der Waals surface area (Å²) in [5.41, 5.74) is 0. The number of hydrogen-bond acceptors (Lipinski definition) is 6. The van der Waals surface area contributed by atoms with E-state index in [1.165, 1.54) is 9.75 Å². The van der Waals surface area contributed by atoms with Crippen LogP contribution in [0.4, 0.5) is 10.3 Å². The van der Waals surface area contributed by atoms with Gasteiger partial charge in [-0.2, -0.15) is 0 Å². The van der Waals surface area contributed by atoms with Crippen molar-refractivity contribution in [1.29, 1.82) is 0 Å². The Balaban J connectivity index is 1.84. The minimum Gasteiger partial charge on any atom is -0.365 e. The topological polar surface area (TPSA) is 49.8 Å². The number of nitrogens with one attached hydrogen (secondary N) is 2. The lowest BCUT2D eigenvalue weighted by Crippen LogP contribution is -1.97. The van der Waals surface area contributed by atoms with Gasteiger partial charge in [0.2, 0.25) is 0 Å². The molecular weight excluding hydrogens is 264 g/mol. The van der Waals surface area contributed by atoms with Crippen LogP contribution < -0.4 is 10.6 Å². The molecule has 0 aliphatic carbocycles. The highest BCUT2D eigenvalue weighted by molar-refractivity contribution is 7.16. The van der Waals surface area contributed by atoms with E-state index in [2.05, 4.69) is 27.5 Å². The molecule has 0 radical (unpaired) electrons. The van der Waals surface area contributed by atoms with Crippen molar-refractivity contribution < 1.29 is 0 Å². The largest absolute Gasteiger partial charge is 0.365 e. The third-order valence-electron chi connectivity index (χ3n) is 2.47. The maximum atomic E-state index is 4.37. The number of nitrogens with zero attached hydrogens (tertiary/aromatic N) is 2. The number of aromatic nitrogens is 2. The molecule has 0 saturated carbocycles. The molecule has 0 amide bonds. The molecule has 0 saturated heterocycles. The maximum Gasteiger partial charge on any atom is 0.182 e. The number of thiazole rings is 2. The van der Waals surface area contributed by atoms with Crippen LogP contribution in [0.3, 0.4) is 0 Å². The van der Waals surface area contributed by atoms with Gasteiger partial charge in [-0.05, 0) is 19.3 Å². The zero-order chi connectivity index (χ0) is 12.8. The Morgan fingerprint density at radius 2 is 1.67 bits per heavy atom. The second-order valence-electron chi connectivity index (χ2n) is 3.94. The van der Waals surface area contributed by atoms with Crippen molar-refractivity contribution in [2.45, 2.75) is 26.2 Å². The minimum absolute atomic E-state index is 0.986. The molecule has 0 aromatic carbocycles. The first-order valence-corrected chi connectivity index (χ1v) is 7.76.